The normalized spacial score (nSPS) is 22.3. The largest absolute Gasteiger partial charge is 0.279 e. The zero-order valence-electron chi connectivity index (χ0n) is 16.1. The predicted molar refractivity (Wildman–Crippen MR) is 110 cm³/mol. The van der Waals surface area contributed by atoms with Gasteiger partial charge < -0.3 is 0 Å². The molecule has 0 aliphatic carbocycles. The van der Waals surface area contributed by atoms with Gasteiger partial charge in [-0.25, -0.2) is 0 Å². The van der Waals surface area contributed by atoms with Gasteiger partial charge in [-0.1, -0.05) is 30.3 Å². The maximum absolute atomic E-state index is 13.7. The fourth-order valence-electron chi connectivity index (χ4n) is 4.18. The van der Waals surface area contributed by atoms with Crippen molar-refractivity contribution in [1.82, 2.24) is 9.97 Å². The van der Waals surface area contributed by atoms with E-state index in [0.29, 0.717) is 22.8 Å². The molecule has 6 heteroatoms. The van der Waals surface area contributed by atoms with E-state index in [9.17, 15) is 4.79 Å². The lowest BCUT2D eigenvalue weighted by Gasteiger charge is -2.31. The molecule has 2 aliphatic heterocycles. The highest BCUT2D eigenvalue weighted by molar-refractivity contribution is 6.08. The number of pyridine rings is 2. The van der Waals surface area contributed by atoms with E-state index in [1.807, 2.05) is 80.6 Å². The molecule has 4 heterocycles. The maximum atomic E-state index is 13.7. The van der Waals surface area contributed by atoms with E-state index in [4.69, 9.17) is 5.11 Å². The predicted octanol–water partition coefficient (Wildman–Crippen LogP) is 4.58. The zero-order chi connectivity index (χ0) is 20.1. The van der Waals surface area contributed by atoms with Gasteiger partial charge in [-0.2, -0.15) is 10.2 Å². The highest BCUT2D eigenvalue weighted by atomic mass is 16.2. The summed E-state index contributed by atoms with van der Waals surface area (Å²) in [6.45, 7) is 3.82. The third kappa shape index (κ3) is 2.26. The van der Waals surface area contributed by atoms with Gasteiger partial charge in [-0.15, -0.1) is 0 Å². The van der Waals surface area contributed by atoms with E-state index in [1.54, 1.807) is 17.3 Å². The Kier molecular flexibility index (Phi) is 3.71. The first-order valence-corrected chi connectivity index (χ1v) is 9.47. The van der Waals surface area contributed by atoms with Crippen molar-refractivity contribution in [3.8, 4) is 0 Å². The van der Waals surface area contributed by atoms with Crippen LogP contribution in [-0.2, 0) is 10.3 Å². The lowest BCUT2D eigenvalue weighted by Crippen LogP contribution is -2.40. The smallest absolute Gasteiger partial charge is 0.240 e. The summed E-state index contributed by atoms with van der Waals surface area (Å²) in [6, 6.07) is 20.9. The van der Waals surface area contributed by atoms with Gasteiger partial charge in [-0.05, 0) is 50.2 Å². The number of nitrogens with zero attached hydrogens (tertiary/aromatic N) is 5. The number of azo groups is 1. The second kappa shape index (κ2) is 6.17. The van der Waals surface area contributed by atoms with E-state index in [1.165, 1.54) is 0 Å². The molecular formula is C23H19N5O. The summed E-state index contributed by atoms with van der Waals surface area (Å²) in [7, 11) is 0. The Morgan fingerprint density at radius 1 is 0.828 bits per heavy atom. The molecule has 2 aliphatic rings. The van der Waals surface area contributed by atoms with Crippen LogP contribution in [0.25, 0.3) is 5.70 Å². The molecule has 1 fully saturated rings. The summed E-state index contributed by atoms with van der Waals surface area (Å²) in [6.07, 6.45) is 3.44. The van der Waals surface area contributed by atoms with Crippen LogP contribution in [0.5, 0.6) is 0 Å². The quantitative estimate of drug-likeness (QED) is 0.667. The van der Waals surface area contributed by atoms with Crippen LogP contribution in [0.1, 0.15) is 25.2 Å². The molecule has 1 aromatic carbocycles. The van der Waals surface area contributed by atoms with Crippen LogP contribution >= 0.6 is 0 Å². The SMILES string of the molecule is CC1(C)C(=O)N(c2ccccc2)C2=C(c3ccccn3)N=NC21c1ccccn1. The van der Waals surface area contributed by atoms with Gasteiger partial charge in [0.05, 0.1) is 22.5 Å². The Balaban J connectivity index is 1.86. The highest BCUT2D eigenvalue weighted by Crippen LogP contribution is 2.61. The monoisotopic (exact) mass is 381 g/mol. The number of carbonyl (C=O) groups is 1. The fourth-order valence-corrected chi connectivity index (χ4v) is 4.18. The molecular weight excluding hydrogens is 362 g/mol. The van der Waals surface area contributed by atoms with Crippen molar-refractivity contribution in [3.05, 3.63) is 96.2 Å². The van der Waals surface area contributed by atoms with Crippen molar-refractivity contribution >= 4 is 17.3 Å². The molecule has 29 heavy (non-hydrogen) atoms. The summed E-state index contributed by atoms with van der Waals surface area (Å²) in [4.78, 5) is 24.5. The molecule has 1 saturated heterocycles. The average molecular weight is 381 g/mol. The minimum atomic E-state index is -1.02. The molecule has 1 atom stereocenters. The van der Waals surface area contributed by atoms with Crippen molar-refractivity contribution in [1.29, 1.82) is 0 Å². The number of hydrogen-bond acceptors (Lipinski definition) is 5. The van der Waals surface area contributed by atoms with Gasteiger partial charge >= 0.3 is 0 Å². The number of hydrogen-bond donors (Lipinski definition) is 0. The topological polar surface area (TPSA) is 70.8 Å². The maximum Gasteiger partial charge on any atom is 0.240 e. The lowest BCUT2D eigenvalue weighted by molar-refractivity contribution is -0.125. The van der Waals surface area contributed by atoms with E-state index < -0.39 is 11.0 Å². The molecule has 0 radical (unpaired) electrons. The van der Waals surface area contributed by atoms with Gasteiger partial charge in [0.15, 0.2) is 5.54 Å². The molecule has 6 nitrogen and oxygen atoms in total. The van der Waals surface area contributed by atoms with E-state index in [-0.39, 0.29) is 5.91 Å². The van der Waals surface area contributed by atoms with Crippen molar-refractivity contribution in [2.75, 3.05) is 4.90 Å². The van der Waals surface area contributed by atoms with E-state index >= 15 is 0 Å². The Morgan fingerprint density at radius 2 is 1.52 bits per heavy atom. The second-order valence-electron chi connectivity index (χ2n) is 7.64. The standard InChI is InChI=1S/C23H19N5O/c1-22(2)21(29)28(16-10-4-3-5-11-16)20-19(17-12-6-8-14-24-17)26-27-23(20,22)18-13-7-9-15-25-18/h3-15H,1-2H3. The molecule has 0 spiro atoms. The molecule has 1 unspecified atom stereocenters. The van der Waals surface area contributed by atoms with Gasteiger partial charge in [0.2, 0.25) is 5.91 Å². The number of rotatable bonds is 3. The van der Waals surface area contributed by atoms with E-state index in [0.717, 1.165) is 5.69 Å². The zero-order valence-corrected chi connectivity index (χ0v) is 16.1. The van der Waals surface area contributed by atoms with Crippen LogP contribution in [0.2, 0.25) is 0 Å². The number of benzene rings is 1. The number of aromatic nitrogens is 2. The van der Waals surface area contributed by atoms with Crippen molar-refractivity contribution in [2.45, 2.75) is 19.4 Å². The number of amides is 1. The first-order valence-electron chi connectivity index (χ1n) is 9.47. The third-order valence-electron chi connectivity index (χ3n) is 5.69. The Bertz CT molecular complexity index is 1140. The molecule has 5 rings (SSSR count). The number of para-hydroxylation sites is 1. The van der Waals surface area contributed by atoms with Gasteiger partial charge in [-0.3, -0.25) is 19.7 Å². The van der Waals surface area contributed by atoms with Crippen molar-refractivity contribution in [2.24, 2.45) is 15.6 Å². The Hall–Kier alpha value is -3.67. The fraction of sp³-hybridized carbons (Fsp3) is 0.174. The minimum absolute atomic E-state index is 0.0450. The van der Waals surface area contributed by atoms with Gasteiger partial charge in [0.25, 0.3) is 0 Å². The van der Waals surface area contributed by atoms with Gasteiger partial charge in [0, 0.05) is 18.1 Å². The van der Waals surface area contributed by atoms with Crippen LogP contribution in [0.3, 0.4) is 0 Å². The molecule has 0 N–H and O–H groups in total. The van der Waals surface area contributed by atoms with Gasteiger partial charge in [0.1, 0.15) is 5.70 Å². The first-order chi connectivity index (χ1) is 14.1. The van der Waals surface area contributed by atoms with Crippen molar-refractivity contribution < 1.29 is 4.79 Å². The number of fused-ring (bicyclic) bond motifs is 1. The van der Waals surface area contributed by atoms with E-state index in [2.05, 4.69) is 15.1 Å². The summed E-state index contributed by atoms with van der Waals surface area (Å²) >= 11 is 0. The summed E-state index contributed by atoms with van der Waals surface area (Å²) < 4.78 is 0. The summed E-state index contributed by atoms with van der Waals surface area (Å²) in [5.74, 6) is -0.0450. The molecule has 3 aromatic rings. The highest BCUT2D eigenvalue weighted by Gasteiger charge is 2.67. The molecule has 2 aromatic heterocycles. The lowest BCUT2D eigenvalue weighted by atomic mass is 9.71. The second-order valence-corrected chi connectivity index (χ2v) is 7.64. The number of anilines is 1. The molecule has 142 valence electrons. The third-order valence-corrected chi connectivity index (χ3v) is 5.69. The van der Waals surface area contributed by atoms with Crippen LogP contribution < -0.4 is 4.90 Å². The molecule has 0 bridgehead atoms. The average Bonchev–Trinajstić information content (AvgIpc) is 3.24. The molecule has 1 amide bonds. The first kappa shape index (κ1) is 17.4. The summed E-state index contributed by atoms with van der Waals surface area (Å²) in [5, 5.41) is 9.28. The number of carbonyl (C=O) groups excluding carboxylic acids is 1. The van der Waals surface area contributed by atoms with Crippen molar-refractivity contribution in [3.63, 3.8) is 0 Å². The summed E-state index contributed by atoms with van der Waals surface area (Å²) in [5.41, 5.74) is 1.55. The van der Waals surface area contributed by atoms with Crippen LogP contribution in [0.4, 0.5) is 5.69 Å². The Labute approximate surface area is 168 Å². The Morgan fingerprint density at radius 3 is 2.17 bits per heavy atom. The minimum Gasteiger partial charge on any atom is -0.279 e. The molecule has 0 saturated carbocycles. The van der Waals surface area contributed by atoms with Crippen LogP contribution in [0, 0.1) is 5.41 Å². The van der Waals surface area contributed by atoms with Crippen LogP contribution in [0.15, 0.2) is 95.0 Å². The van der Waals surface area contributed by atoms with Crippen LogP contribution in [-0.4, -0.2) is 15.9 Å².